The number of alkyl halides is 1. The van der Waals surface area contributed by atoms with Crippen LogP contribution >= 0.6 is 0 Å². The predicted molar refractivity (Wildman–Crippen MR) is 60.7 cm³/mol. The first-order chi connectivity index (χ1) is 7.08. The Morgan fingerprint density at radius 2 is 2.13 bits per heavy atom. The van der Waals surface area contributed by atoms with Gasteiger partial charge in [-0.05, 0) is 37.8 Å². The zero-order chi connectivity index (χ0) is 10.9. The van der Waals surface area contributed by atoms with Gasteiger partial charge in [-0.2, -0.15) is 0 Å². The summed E-state index contributed by atoms with van der Waals surface area (Å²) in [6.07, 6.45) is 1.54. The van der Waals surface area contributed by atoms with Gasteiger partial charge in [0.2, 0.25) is 0 Å². The van der Waals surface area contributed by atoms with Crippen molar-refractivity contribution in [3.8, 4) is 0 Å². The fourth-order valence-corrected chi connectivity index (χ4v) is 2.21. The lowest BCUT2D eigenvalue weighted by molar-refractivity contribution is 0.125. The Morgan fingerprint density at radius 3 is 2.73 bits per heavy atom. The van der Waals surface area contributed by atoms with E-state index in [1.54, 1.807) is 6.92 Å². The Hall–Kier alpha value is -0.890. The molecular formula is C13H18FN. The molecule has 2 heteroatoms. The summed E-state index contributed by atoms with van der Waals surface area (Å²) in [5.74, 6) is 0. The zero-order valence-corrected chi connectivity index (χ0v) is 9.39. The van der Waals surface area contributed by atoms with E-state index in [-0.39, 0.29) is 0 Å². The molecule has 1 heterocycles. The number of piperidine rings is 1. The standard InChI is InChI=1S/C13H18FN/c1-10-5-3-4-6-11(10)12-7-8-13(2,14)9-15-12/h3-6,12,15H,7-9H2,1-2H3. The van der Waals surface area contributed by atoms with Gasteiger partial charge in [0.25, 0.3) is 0 Å². The van der Waals surface area contributed by atoms with Crippen LogP contribution in [0, 0.1) is 6.92 Å². The van der Waals surface area contributed by atoms with Crippen LogP contribution in [-0.2, 0) is 0 Å². The normalized spacial score (nSPS) is 31.5. The molecule has 82 valence electrons. The van der Waals surface area contributed by atoms with Crippen molar-refractivity contribution in [3.05, 3.63) is 35.4 Å². The van der Waals surface area contributed by atoms with E-state index >= 15 is 0 Å². The first-order valence-corrected chi connectivity index (χ1v) is 5.56. The van der Waals surface area contributed by atoms with Crippen LogP contribution in [0.1, 0.15) is 36.9 Å². The molecule has 1 aliphatic heterocycles. The van der Waals surface area contributed by atoms with Gasteiger partial charge >= 0.3 is 0 Å². The van der Waals surface area contributed by atoms with Crippen LogP contribution in [-0.4, -0.2) is 12.2 Å². The number of aryl methyl sites for hydroxylation is 1. The van der Waals surface area contributed by atoms with Crippen LogP contribution < -0.4 is 5.32 Å². The molecule has 15 heavy (non-hydrogen) atoms. The highest BCUT2D eigenvalue weighted by molar-refractivity contribution is 5.29. The molecule has 0 aliphatic carbocycles. The number of rotatable bonds is 1. The molecule has 1 N–H and O–H groups in total. The molecule has 0 saturated carbocycles. The van der Waals surface area contributed by atoms with Crippen molar-refractivity contribution in [1.29, 1.82) is 0 Å². The fourth-order valence-electron chi connectivity index (χ4n) is 2.21. The van der Waals surface area contributed by atoms with Gasteiger partial charge in [-0.1, -0.05) is 24.3 Å². The first kappa shape index (κ1) is 10.6. The molecule has 2 rings (SSSR count). The lowest BCUT2D eigenvalue weighted by Crippen LogP contribution is -2.41. The molecule has 1 saturated heterocycles. The van der Waals surface area contributed by atoms with Crippen molar-refractivity contribution in [1.82, 2.24) is 5.32 Å². The van der Waals surface area contributed by atoms with Gasteiger partial charge in [0.1, 0.15) is 5.67 Å². The zero-order valence-electron chi connectivity index (χ0n) is 9.39. The first-order valence-electron chi connectivity index (χ1n) is 5.56. The van der Waals surface area contributed by atoms with Crippen LogP contribution in [0.3, 0.4) is 0 Å². The molecule has 2 unspecified atom stereocenters. The van der Waals surface area contributed by atoms with Crippen LogP contribution in [0.2, 0.25) is 0 Å². The van der Waals surface area contributed by atoms with Crippen LogP contribution in [0.15, 0.2) is 24.3 Å². The van der Waals surface area contributed by atoms with E-state index in [1.807, 2.05) is 12.1 Å². The lowest BCUT2D eigenvalue weighted by atomic mass is 9.88. The summed E-state index contributed by atoms with van der Waals surface area (Å²) in [5, 5.41) is 3.29. The van der Waals surface area contributed by atoms with Crippen molar-refractivity contribution in [2.45, 2.75) is 38.4 Å². The van der Waals surface area contributed by atoms with Crippen molar-refractivity contribution >= 4 is 0 Å². The SMILES string of the molecule is Cc1ccccc1C1CCC(C)(F)CN1. The van der Waals surface area contributed by atoms with E-state index in [4.69, 9.17) is 0 Å². The summed E-state index contributed by atoms with van der Waals surface area (Å²) in [4.78, 5) is 0. The summed E-state index contributed by atoms with van der Waals surface area (Å²) >= 11 is 0. The number of benzene rings is 1. The maximum atomic E-state index is 13.6. The third-order valence-corrected chi connectivity index (χ3v) is 3.24. The Kier molecular flexibility index (Phi) is 2.79. The topological polar surface area (TPSA) is 12.0 Å². The van der Waals surface area contributed by atoms with Crippen LogP contribution in [0.5, 0.6) is 0 Å². The van der Waals surface area contributed by atoms with Gasteiger partial charge in [-0.15, -0.1) is 0 Å². The highest BCUT2D eigenvalue weighted by Gasteiger charge is 2.31. The minimum Gasteiger partial charge on any atom is -0.307 e. The molecule has 0 aromatic heterocycles. The largest absolute Gasteiger partial charge is 0.307 e. The second kappa shape index (κ2) is 3.93. The number of halogens is 1. The minimum absolute atomic E-state index is 0.329. The van der Waals surface area contributed by atoms with E-state index in [0.717, 1.165) is 6.42 Å². The maximum Gasteiger partial charge on any atom is 0.120 e. The monoisotopic (exact) mass is 207 g/mol. The molecule has 1 fully saturated rings. The van der Waals surface area contributed by atoms with Crippen molar-refractivity contribution < 1.29 is 4.39 Å². The maximum absolute atomic E-state index is 13.6. The van der Waals surface area contributed by atoms with E-state index in [1.165, 1.54) is 11.1 Å². The molecule has 1 aromatic rings. The van der Waals surface area contributed by atoms with E-state index in [9.17, 15) is 4.39 Å². The third-order valence-electron chi connectivity index (χ3n) is 3.24. The molecule has 1 aliphatic rings. The molecule has 0 spiro atoms. The summed E-state index contributed by atoms with van der Waals surface area (Å²) in [7, 11) is 0. The smallest absolute Gasteiger partial charge is 0.120 e. The molecule has 0 amide bonds. The van der Waals surface area contributed by atoms with Gasteiger partial charge in [0.15, 0.2) is 0 Å². The van der Waals surface area contributed by atoms with E-state index < -0.39 is 5.67 Å². The fraction of sp³-hybridized carbons (Fsp3) is 0.538. The summed E-state index contributed by atoms with van der Waals surface area (Å²) in [6.45, 7) is 4.25. The average molecular weight is 207 g/mol. The van der Waals surface area contributed by atoms with Gasteiger partial charge in [-0.3, -0.25) is 0 Å². The molecule has 1 aromatic carbocycles. The number of hydrogen-bond acceptors (Lipinski definition) is 1. The Labute approximate surface area is 90.7 Å². The van der Waals surface area contributed by atoms with Crippen LogP contribution in [0.25, 0.3) is 0 Å². The highest BCUT2D eigenvalue weighted by atomic mass is 19.1. The third kappa shape index (κ3) is 2.37. The van der Waals surface area contributed by atoms with Gasteiger partial charge in [0, 0.05) is 12.6 Å². The van der Waals surface area contributed by atoms with Crippen molar-refractivity contribution in [2.24, 2.45) is 0 Å². The quantitative estimate of drug-likeness (QED) is 0.746. The molecule has 0 bridgehead atoms. The second-order valence-corrected chi connectivity index (χ2v) is 4.74. The molecule has 1 nitrogen and oxygen atoms in total. The number of hydrogen-bond donors (Lipinski definition) is 1. The second-order valence-electron chi connectivity index (χ2n) is 4.74. The van der Waals surface area contributed by atoms with Crippen molar-refractivity contribution in [2.75, 3.05) is 6.54 Å². The Bertz CT molecular complexity index is 336. The van der Waals surface area contributed by atoms with Gasteiger partial charge in [0.05, 0.1) is 0 Å². The molecule has 2 atom stereocenters. The minimum atomic E-state index is -1.03. The summed E-state index contributed by atoms with van der Waals surface area (Å²) in [5.41, 5.74) is 1.57. The van der Waals surface area contributed by atoms with Crippen LogP contribution in [0.4, 0.5) is 4.39 Å². The van der Waals surface area contributed by atoms with E-state index in [0.29, 0.717) is 19.0 Å². The van der Waals surface area contributed by atoms with Gasteiger partial charge in [-0.25, -0.2) is 4.39 Å². The van der Waals surface area contributed by atoms with Gasteiger partial charge < -0.3 is 5.32 Å². The summed E-state index contributed by atoms with van der Waals surface area (Å²) < 4.78 is 13.6. The predicted octanol–water partition coefficient (Wildman–Crippen LogP) is 3.15. The average Bonchev–Trinajstić information content (AvgIpc) is 2.19. The Morgan fingerprint density at radius 1 is 1.40 bits per heavy atom. The molecular weight excluding hydrogens is 189 g/mol. The molecule has 0 radical (unpaired) electrons. The Balaban J connectivity index is 2.11. The summed E-state index contributed by atoms with van der Waals surface area (Å²) in [6, 6.07) is 8.66. The lowest BCUT2D eigenvalue weighted by Gasteiger charge is -2.33. The van der Waals surface area contributed by atoms with Crippen molar-refractivity contribution in [3.63, 3.8) is 0 Å². The number of nitrogens with one attached hydrogen (secondary N) is 1. The highest BCUT2D eigenvalue weighted by Crippen LogP contribution is 2.31. The van der Waals surface area contributed by atoms with E-state index in [2.05, 4.69) is 24.4 Å².